The molecule has 0 bridgehead atoms. The highest BCUT2D eigenvalue weighted by atomic mass is 32.2. The van der Waals surface area contributed by atoms with Crippen LogP contribution in [0.4, 0.5) is 5.13 Å². The van der Waals surface area contributed by atoms with E-state index in [9.17, 15) is 8.42 Å². The molecule has 0 aliphatic carbocycles. The molecule has 1 aliphatic heterocycles. The second-order valence-electron chi connectivity index (χ2n) is 4.49. The van der Waals surface area contributed by atoms with Gasteiger partial charge in [-0.15, -0.1) is 0 Å². The van der Waals surface area contributed by atoms with E-state index in [1.165, 1.54) is 4.31 Å². The number of hydrogen-bond acceptors (Lipinski definition) is 7. The van der Waals surface area contributed by atoms with Crippen molar-refractivity contribution in [3.63, 3.8) is 0 Å². The zero-order valence-electron chi connectivity index (χ0n) is 10.7. The molecule has 2 heterocycles. The third-order valence-corrected chi connectivity index (χ3v) is 6.52. The molecule has 2 rings (SSSR count). The zero-order chi connectivity index (χ0) is 14.2. The lowest BCUT2D eigenvalue weighted by atomic mass is 10.2. The Morgan fingerprint density at radius 1 is 1.63 bits per heavy atom. The molecule has 3 N–H and O–H groups in total. The number of aliphatic hydroxyl groups excluding tert-OH is 1. The first-order chi connectivity index (χ1) is 8.86. The first-order valence-corrected chi connectivity index (χ1v) is 8.09. The van der Waals surface area contributed by atoms with Gasteiger partial charge in [0.05, 0.1) is 25.0 Å². The Bertz CT molecular complexity index is 557. The van der Waals surface area contributed by atoms with E-state index in [-0.39, 0.29) is 35.1 Å². The number of aryl methyl sites for hydroxylation is 1. The lowest BCUT2D eigenvalue weighted by molar-refractivity contribution is -0.0515. The number of hydrogen-bond donors (Lipinski definition) is 2. The number of morpholine rings is 1. The van der Waals surface area contributed by atoms with E-state index >= 15 is 0 Å². The molecule has 2 atom stereocenters. The summed E-state index contributed by atoms with van der Waals surface area (Å²) >= 11 is 0.960. The number of nitrogen functional groups attached to an aromatic ring is 1. The molecule has 0 aromatic carbocycles. The van der Waals surface area contributed by atoms with E-state index in [2.05, 4.69) is 4.98 Å². The number of sulfonamides is 1. The number of nitrogens with two attached hydrogens (primary N) is 1. The topological polar surface area (TPSA) is 106 Å². The van der Waals surface area contributed by atoms with Gasteiger partial charge >= 0.3 is 0 Å². The predicted molar refractivity (Wildman–Crippen MR) is 71.4 cm³/mol. The van der Waals surface area contributed by atoms with E-state index < -0.39 is 16.1 Å². The highest BCUT2D eigenvalue weighted by molar-refractivity contribution is 7.91. The minimum Gasteiger partial charge on any atom is -0.394 e. The molecule has 2 unspecified atom stereocenters. The molecule has 0 radical (unpaired) electrons. The fourth-order valence-electron chi connectivity index (χ4n) is 1.99. The third-order valence-electron chi connectivity index (χ3n) is 2.97. The molecular formula is C10H17N3O4S2. The van der Waals surface area contributed by atoms with Crippen molar-refractivity contribution < 1.29 is 18.3 Å². The highest BCUT2D eigenvalue weighted by Crippen LogP contribution is 2.30. The van der Waals surface area contributed by atoms with Crippen LogP contribution in [0.25, 0.3) is 0 Å². The monoisotopic (exact) mass is 307 g/mol. The predicted octanol–water partition coefficient (Wildman–Crippen LogP) is -0.196. The summed E-state index contributed by atoms with van der Waals surface area (Å²) in [7, 11) is -3.65. The molecule has 1 fully saturated rings. The zero-order valence-corrected chi connectivity index (χ0v) is 12.4. The first kappa shape index (κ1) is 14.7. The Labute approximate surface area is 116 Å². The highest BCUT2D eigenvalue weighted by Gasteiger charge is 2.37. The van der Waals surface area contributed by atoms with Gasteiger partial charge in [0.1, 0.15) is 0 Å². The van der Waals surface area contributed by atoms with Crippen LogP contribution in [-0.2, 0) is 14.8 Å². The van der Waals surface area contributed by atoms with Gasteiger partial charge in [0, 0.05) is 12.6 Å². The van der Waals surface area contributed by atoms with Gasteiger partial charge in [0.25, 0.3) is 10.0 Å². The molecule has 1 saturated heterocycles. The van der Waals surface area contributed by atoms with Crippen molar-refractivity contribution in [3.8, 4) is 0 Å². The minimum absolute atomic E-state index is 0.136. The number of aromatic nitrogens is 1. The summed E-state index contributed by atoms with van der Waals surface area (Å²) in [6, 6.07) is -0.282. The van der Waals surface area contributed by atoms with Crippen LogP contribution in [0.3, 0.4) is 0 Å². The van der Waals surface area contributed by atoms with E-state index in [0.29, 0.717) is 5.69 Å². The number of ether oxygens (including phenoxy) is 1. The van der Waals surface area contributed by atoms with Crippen molar-refractivity contribution >= 4 is 26.5 Å². The second kappa shape index (κ2) is 5.33. The van der Waals surface area contributed by atoms with Crippen LogP contribution in [0.5, 0.6) is 0 Å². The standard InChI is InChI=1S/C10H17N3O4S2/c1-6-5-17-8(4-14)3-13(6)19(15,16)9-7(2)12-10(11)18-9/h6,8,14H,3-5H2,1-2H3,(H2,11,12). The molecule has 1 aromatic rings. The van der Waals surface area contributed by atoms with E-state index in [4.69, 9.17) is 15.6 Å². The van der Waals surface area contributed by atoms with Gasteiger partial charge in [0.2, 0.25) is 0 Å². The summed E-state index contributed by atoms with van der Waals surface area (Å²) in [5.74, 6) is 0. The molecule has 7 nitrogen and oxygen atoms in total. The average Bonchev–Trinajstić information content (AvgIpc) is 2.69. The van der Waals surface area contributed by atoms with Gasteiger partial charge in [0.15, 0.2) is 9.34 Å². The third kappa shape index (κ3) is 2.75. The number of thiazole rings is 1. The van der Waals surface area contributed by atoms with Gasteiger partial charge in [-0.05, 0) is 13.8 Å². The Kier molecular flexibility index (Phi) is 4.11. The van der Waals surface area contributed by atoms with Crippen molar-refractivity contribution in [2.45, 2.75) is 30.2 Å². The van der Waals surface area contributed by atoms with Crippen molar-refractivity contribution in [1.82, 2.24) is 9.29 Å². The van der Waals surface area contributed by atoms with Crippen LogP contribution in [0, 0.1) is 6.92 Å². The van der Waals surface area contributed by atoms with E-state index in [0.717, 1.165) is 11.3 Å². The molecule has 1 aromatic heterocycles. The maximum Gasteiger partial charge on any atom is 0.254 e. The van der Waals surface area contributed by atoms with Crippen molar-refractivity contribution in [2.24, 2.45) is 0 Å². The second-order valence-corrected chi connectivity index (χ2v) is 7.60. The molecule has 108 valence electrons. The average molecular weight is 307 g/mol. The smallest absolute Gasteiger partial charge is 0.254 e. The van der Waals surface area contributed by atoms with Crippen molar-refractivity contribution in [3.05, 3.63) is 5.69 Å². The quantitative estimate of drug-likeness (QED) is 0.801. The normalized spacial score (nSPS) is 25.6. The summed E-state index contributed by atoms with van der Waals surface area (Å²) in [5, 5.41) is 9.35. The van der Waals surface area contributed by atoms with Crippen molar-refractivity contribution in [2.75, 3.05) is 25.5 Å². The molecular weight excluding hydrogens is 290 g/mol. The molecule has 19 heavy (non-hydrogen) atoms. The van der Waals surface area contributed by atoms with Crippen LogP contribution in [0.2, 0.25) is 0 Å². The van der Waals surface area contributed by atoms with Crippen LogP contribution in [0.1, 0.15) is 12.6 Å². The largest absolute Gasteiger partial charge is 0.394 e. The number of rotatable bonds is 3. The summed E-state index contributed by atoms with van der Waals surface area (Å²) in [4.78, 5) is 3.95. The van der Waals surface area contributed by atoms with Gasteiger partial charge in [-0.3, -0.25) is 0 Å². The molecule has 1 aliphatic rings. The van der Waals surface area contributed by atoms with Crippen LogP contribution in [0.15, 0.2) is 4.21 Å². The van der Waals surface area contributed by atoms with Crippen molar-refractivity contribution in [1.29, 1.82) is 0 Å². The van der Waals surface area contributed by atoms with Gasteiger partial charge in [-0.25, -0.2) is 13.4 Å². The van der Waals surface area contributed by atoms with Gasteiger partial charge in [-0.2, -0.15) is 4.31 Å². The fraction of sp³-hybridized carbons (Fsp3) is 0.700. The minimum atomic E-state index is -3.65. The number of nitrogens with zero attached hydrogens (tertiary/aromatic N) is 2. The van der Waals surface area contributed by atoms with E-state index in [1.54, 1.807) is 13.8 Å². The van der Waals surface area contributed by atoms with Crippen LogP contribution in [-0.4, -0.2) is 54.7 Å². The molecule has 0 amide bonds. The Morgan fingerprint density at radius 2 is 2.32 bits per heavy atom. The number of anilines is 1. The Morgan fingerprint density at radius 3 is 2.84 bits per heavy atom. The molecule has 9 heteroatoms. The fourth-order valence-corrected chi connectivity index (χ4v) is 5.05. The van der Waals surface area contributed by atoms with E-state index in [1.807, 2.05) is 0 Å². The summed E-state index contributed by atoms with van der Waals surface area (Å²) in [5.41, 5.74) is 5.96. The first-order valence-electron chi connectivity index (χ1n) is 5.83. The number of aliphatic hydroxyl groups is 1. The van der Waals surface area contributed by atoms with Crippen LogP contribution >= 0.6 is 11.3 Å². The lowest BCUT2D eigenvalue weighted by Crippen LogP contribution is -2.51. The summed E-state index contributed by atoms with van der Waals surface area (Å²) in [6.45, 7) is 3.58. The lowest BCUT2D eigenvalue weighted by Gasteiger charge is -2.36. The van der Waals surface area contributed by atoms with Gasteiger partial charge in [-0.1, -0.05) is 11.3 Å². The molecule has 0 saturated carbocycles. The SMILES string of the molecule is Cc1nc(N)sc1S(=O)(=O)N1CC(CO)OCC1C. The summed E-state index contributed by atoms with van der Waals surface area (Å²) in [6.07, 6.45) is -0.489. The maximum atomic E-state index is 12.6. The Hall–Kier alpha value is -0.740. The molecule has 0 spiro atoms. The maximum absolute atomic E-state index is 12.6. The van der Waals surface area contributed by atoms with Gasteiger partial charge < -0.3 is 15.6 Å². The Balaban J connectivity index is 2.35. The van der Waals surface area contributed by atoms with Crippen LogP contribution < -0.4 is 5.73 Å². The summed E-state index contributed by atoms with van der Waals surface area (Å²) < 4.78 is 32.0.